The minimum atomic E-state index is -0.271. The van der Waals surface area contributed by atoms with Gasteiger partial charge in [0.1, 0.15) is 11.5 Å². The van der Waals surface area contributed by atoms with E-state index in [1.165, 1.54) is 0 Å². The van der Waals surface area contributed by atoms with Gasteiger partial charge in [-0.15, -0.1) is 0 Å². The number of aryl methyl sites for hydroxylation is 2. The number of methoxy groups -OCH3 is 1. The molecule has 5 nitrogen and oxygen atoms in total. The Labute approximate surface area is 188 Å². The Morgan fingerprint density at radius 1 is 0.969 bits per heavy atom. The van der Waals surface area contributed by atoms with Crippen molar-refractivity contribution in [1.29, 1.82) is 0 Å². The van der Waals surface area contributed by atoms with Crippen molar-refractivity contribution in [3.63, 3.8) is 0 Å². The monoisotopic (exact) mass is 428 g/mol. The Balaban J connectivity index is 1.64. The summed E-state index contributed by atoms with van der Waals surface area (Å²) >= 11 is 0. The average Bonchev–Trinajstić information content (AvgIpc) is 3.21. The summed E-state index contributed by atoms with van der Waals surface area (Å²) < 4.78 is 11.2. The Morgan fingerprint density at radius 2 is 1.66 bits per heavy atom. The molecule has 1 heterocycles. The van der Waals surface area contributed by atoms with E-state index in [0.717, 1.165) is 38.9 Å². The number of ether oxygens (including phenoxy) is 2. The molecule has 0 saturated carbocycles. The smallest absolute Gasteiger partial charge is 0.261 e. The number of hydrogen-bond donors (Lipinski definition) is 1. The second-order valence-corrected chi connectivity index (χ2v) is 8.08. The molecule has 0 spiro atoms. The average molecular weight is 429 g/mol. The molecule has 5 heteroatoms. The molecular formula is C27H28N2O3. The topological polar surface area (TPSA) is 54.6 Å². The highest BCUT2D eigenvalue weighted by Gasteiger charge is 2.26. The maximum atomic E-state index is 13.2. The van der Waals surface area contributed by atoms with Crippen LogP contribution in [0.2, 0.25) is 0 Å². The number of nitrogens with zero attached hydrogens (tertiary/aromatic N) is 1. The fourth-order valence-electron chi connectivity index (χ4n) is 4.13. The van der Waals surface area contributed by atoms with Crippen LogP contribution < -0.4 is 9.47 Å². The van der Waals surface area contributed by atoms with Crippen molar-refractivity contribution < 1.29 is 14.3 Å². The van der Waals surface area contributed by atoms with Gasteiger partial charge in [0.05, 0.1) is 13.2 Å². The molecule has 0 aliphatic rings. The molecule has 32 heavy (non-hydrogen) atoms. The van der Waals surface area contributed by atoms with Crippen LogP contribution in [0.3, 0.4) is 0 Å². The summed E-state index contributed by atoms with van der Waals surface area (Å²) in [5, 5.41) is 1.09. The van der Waals surface area contributed by atoms with Gasteiger partial charge < -0.3 is 19.4 Å². The number of para-hydroxylation sites is 1. The number of fused-ring (bicyclic) bond motifs is 1. The molecule has 0 unspecified atom stereocenters. The molecule has 0 saturated heterocycles. The standard InChI is InChI=1S/C27H28N2O3/c1-18-13-19(2)15-22(14-18)32-17-26(30)29(3)27(20-9-11-21(31-4)12-10-20)24-16-28-25-8-6-5-7-23(24)25/h5-16,27-28H,17H2,1-4H3/t27-/m0/s1. The van der Waals surface area contributed by atoms with Crippen LogP contribution in [0.4, 0.5) is 0 Å². The highest BCUT2D eigenvalue weighted by atomic mass is 16.5. The number of H-pyrrole nitrogens is 1. The fraction of sp³-hybridized carbons (Fsp3) is 0.222. The lowest BCUT2D eigenvalue weighted by Gasteiger charge is -2.29. The van der Waals surface area contributed by atoms with E-state index < -0.39 is 0 Å². The summed E-state index contributed by atoms with van der Waals surface area (Å²) in [6.45, 7) is 4.00. The molecule has 1 N–H and O–H groups in total. The summed E-state index contributed by atoms with van der Waals surface area (Å²) in [7, 11) is 3.47. The summed E-state index contributed by atoms with van der Waals surface area (Å²) in [5.41, 5.74) is 5.28. The van der Waals surface area contributed by atoms with E-state index in [4.69, 9.17) is 9.47 Å². The zero-order valence-corrected chi connectivity index (χ0v) is 18.9. The molecule has 3 aromatic carbocycles. The second kappa shape index (κ2) is 9.18. The van der Waals surface area contributed by atoms with Crippen LogP contribution in [0.15, 0.2) is 72.9 Å². The summed E-state index contributed by atoms with van der Waals surface area (Å²) in [4.78, 5) is 18.3. The maximum absolute atomic E-state index is 13.2. The number of hydrogen-bond acceptors (Lipinski definition) is 3. The van der Waals surface area contributed by atoms with E-state index in [9.17, 15) is 4.79 Å². The van der Waals surface area contributed by atoms with Gasteiger partial charge in [-0.05, 0) is 60.9 Å². The summed E-state index contributed by atoms with van der Waals surface area (Å²) in [5.74, 6) is 1.38. The van der Waals surface area contributed by atoms with Gasteiger partial charge in [0.15, 0.2) is 6.61 Å². The molecular weight excluding hydrogens is 400 g/mol. The van der Waals surface area contributed by atoms with E-state index in [1.54, 1.807) is 12.0 Å². The third kappa shape index (κ3) is 4.47. The first kappa shape index (κ1) is 21.5. The Bertz CT molecular complexity index is 1210. The predicted octanol–water partition coefficient (Wildman–Crippen LogP) is 5.42. The Morgan fingerprint density at radius 3 is 2.34 bits per heavy atom. The van der Waals surface area contributed by atoms with Crippen molar-refractivity contribution in [3.05, 3.63) is 95.2 Å². The van der Waals surface area contributed by atoms with Crippen LogP contribution in [0.5, 0.6) is 11.5 Å². The van der Waals surface area contributed by atoms with Crippen LogP contribution in [-0.4, -0.2) is 36.6 Å². The van der Waals surface area contributed by atoms with E-state index in [2.05, 4.69) is 17.1 Å². The lowest BCUT2D eigenvalue weighted by Crippen LogP contribution is -2.35. The van der Waals surface area contributed by atoms with Gasteiger partial charge in [-0.3, -0.25) is 4.79 Å². The quantitative estimate of drug-likeness (QED) is 0.428. The first-order valence-electron chi connectivity index (χ1n) is 10.6. The normalized spacial score (nSPS) is 11.9. The minimum Gasteiger partial charge on any atom is -0.497 e. The molecule has 1 aromatic heterocycles. The number of aromatic nitrogens is 1. The van der Waals surface area contributed by atoms with Crippen molar-refractivity contribution in [2.45, 2.75) is 19.9 Å². The van der Waals surface area contributed by atoms with Gasteiger partial charge in [0.2, 0.25) is 0 Å². The summed E-state index contributed by atoms with van der Waals surface area (Å²) in [6, 6.07) is 21.7. The molecule has 1 atom stereocenters. The van der Waals surface area contributed by atoms with Crippen molar-refractivity contribution >= 4 is 16.8 Å². The molecule has 0 aliphatic heterocycles. The zero-order chi connectivity index (χ0) is 22.7. The molecule has 4 rings (SSSR count). The van der Waals surface area contributed by atoms with E-state index in [0.29, 0.717) is 5.75 Å². The van der Waals surface area contributed by atoms with Crippen LogP contribution in [0, 0.1) is 13.8 Å². The molecule has 0 bridgehead atoms. The number of carbonyl (C=O) groups is 1. The number of carbonyl (C=O) groups excluding carboxylic acids is 1. The molecule has 1 amide bonds. The van der Waals surface area contributed by atoms with Gasteiger partial charge in [-0.2, -0.15) is 0 Å². The number of benzene rings is 3. The first-order valence-corrected chi connectivity index (χ1v) is 10.6. The maximum Gasteiger partial charge on any atom is 0.261 e. The van der Waals surface area contributed by atoms with Crippen molar-refractivity contribution in [1.82, 2.24) is 9.88 Å². The Kier molecular flexibility index (Phi) is 6.17. The van der Waals surface area contributed by atoms with Gasteiger partial charge in [0.25, 0.3) is 5.91 Å². The number of rotatable bonds is 7. The van der Waals surface area contributed by atoms with Gasteiger partial charge in [-0.1, -0.05) is 36.4 Å². The first-order chi connectivity index (χ1) is 15.5. The van der Waals surface area contributed by atoms with E-state index in [-0.39, 0.29) is 18.6 Å². The van der Waals surface area contributed by atoms with Crippen LogP contribution in [-0.2, 0) is 4.79 Å². The molecule has 0 radical (unpaired) electrons. The lowest BCUT2D eigenvalue weighted by molar-refractivity contribution is -0.133. The van der Waals surface area contributed by atoms with E-state index >= 15 is 0 Å². The highest BCUT2D eigenvalue weighted by Crippen LogP contribution is 2.34. The third-order valence-electron chi connectivity index (χ3n) is 5.69. The van der Waals surface area contributed by atoms with Gasteiger partial charge in [0, 0.05) is 29.7 Å². The molecule has 164 valence electrons. The zero-order valence-electron chi connectivity index (χ0n) is 18.9. The van der Waals surface area contributed by atoms with Crippen LogP contribution in [0.25, 0.3) is 10.9 Å². The SMILES string of the molecule is COc1ccc([C@@H](c2c[nH]c3ccccc23)N(C)C(=O)COc2cc(C)cc(C)c2)cc1. The van der Waals surface area contributed by atoms with Gasteiger partial charge >= 0.3 is 0 Å². The fourth-order valence-corrected chi connectivity index (χ4v) is 4.13. The van der Waals surface area contributed by atoms with Crippen molar-refractivity contribution in [2.24, 2.45) is 0 Å². The third-order valence-corrected chi connectivity index (χ3v) is 5.69. The number of nitrogens with one attached hydrogen (secondary N) is 1. The second-order valence-electron chi connectivity index (χ2n) is 8.08. The number of aromatic amines is 1. The van der Waals surface area contributed by atoms with Crippen molar-refractivity contribution in [3.8, 4) is 11.5 Å². The molecule has 0 fully saturated rings. The van der Waals surface area contributed by atoms with E-state index in [1.807, 2.05) is 81.7 Å². The molecule has 0 aliphatic carbocycles. The molecule has 4 aromatic rings. The summed E-state index contributed by atoms with van der Waals surface area (Å²) in [6.07, 6.45) is 1.98. The minimum absolute atomic E-state index is 0.0333. The van der Waals surface area contributed by atoms with Crippen LogP contribution >= 0.6 is 0 Å². The van der Waals surface area contributed by atoms with Crippen LogP contribution in [0.1, 0.15) is 28.3 Å². The van der Waals surface area contributed by atoms with Gasteiger partial charge in [-0.25, -0.2) is 0 Å². The van der Waals surface area contributed by atoms with Crippen molar-refractivity contribution in [2.75, 3.05) is 20.8 Å². The number of likely N-dealkylation sites (N-methyl/N-ethyl adjacent to an activating group) is 1. The Hall–Kier alpha value is -3.73. The highest BCUT2D eigenvalue weighted by molar-refractivity contribution is 5.85. The largest absolute Gasteiger partial charge is 0.497 e. The lowest BCUT2D eigenvalue weighted by atomic mass is 9.96. The predicted molar refractivity (Wildman–Crippen MR) is 127 cm³/mol. The number of amides is 1.